The lowest BCUT2D eigenvalue weighted by atomic mass is 10.0. The van der Waals surface area contributed by atoms with E-state index >= 15 is 0 Å². The lowest BCUT2D eigenvalue weighted by molar-refractivity contribution is 1.18. The molecule has 0 aliphatic carbocycles. The van der Waals surface area contributed by atoms with Gasteiger partial charge in [0.2, 0.25) is 0 Å². The van der Waals surface area contributed by atoms with Crippen molar-refractivity contribution in [2.75, 3.05) is 0 Å². The largest absolute Gasteiger partial charge is 0.309 e. The van der Waals surface area contributed by atoms with Crippen LogP contribution < -0.4 is 0 Å². The topological polar surface area (TPSA) is 4.93 Å². The Morgan fingerprint density at radius 3 is 2.35 bits per heavy atom. The second-order valence-electron chi connectivity index (χ2n) is 6.28. The van der Waals surface area contributed by atoms with Gasteiger partial charge < -0.3 is 4.57 Å². The van der Waals surface area contributed by atoms with Crippen molar-refractivity contribution in [1.82, 2.24) is 4.57 Å². The van der Waals surface area contributed by atoms with E-state index in [4.69, 9.17) is 0 Å². The van der Waals surface area contributed by atoms with Crippen molar-refractivity contribution in [1.29, 1.82) is 0 Å². The number of para-hydroxylation sites is 2. The minimum Gasteiger partial charge on any atom is -0.309 e. The van der Waals surface area contributed by atoms with E-state index in [1.54, 1.807) is 0 Å². The Labute approximate surface area is 154 Å². The average Bonchev–Trinajstić information content (AvgIpc) is 3.02. The Morgan fingerprint density at radius 1 is 0.846 bits per heavy atom. The molecule has 26 heavy (non-hydrogen) atoms. The third-order valence-corrected chi connectivity index (χ3v) is 4.66. The molecule has 0 bridgehead atoms. The van der Waals surface area contributed by atoms with Crippen molar-refractivity contribution >= 4 is 27.4 Å². The molecule has 0 fully saturated rings. The zero-order valence-corrected chi connectivity index (χ0v) is 14.9. The van der Waals surface area contributed by atoms with Gasteiger partial charge in [0, 0.05) is 16.5 Å². The summed E-state index contributed by atoms with van der Waals surface area (Å²) in [7, 11) is 0. The Balaban J connectivity index is 2.05. The van der Waals surface area contributed by atoms with E-state index in [2.05, 4.69) is 102 Å². The second-order valence-corrected chi connectivity index (χ2v) is 6.28. The van der Waals surface area contributed by atoms with Gasteiger partial charge in [-0.3, -0.25) is 0 Å². The molecule has 1 nitrogen and oxygen atoms in total. The number of aromatic nitrogens is 1. The summed E-state index contributed by atoms with van der Waals surface area (Å²) in [5.41, 5.74) is 6.00. The molecular formula is C25H21N. The van der Waals surface area contributed by atoms with Crippen molar-refractivity contribution in [2.45, 2.75) is 6.92 Å². The van der Waals surface area contributed by atoms with Crippen LogP contribution in [0, 0.1) is 0 Å². The Bertz CT molecular complexity index is 1140. The van der Waals surface area contributed by atoms with Crippen molar-refractivity contribution in [3.63, 3.8) is 0 Å². The molecule has 0 saturated heterocycles. The maximum absolute atomic E-state index is 3.85. The molecule has 1 aromatic heterocycles. The molecule has 0 aliphatic heterocycles. The summed E-state index contributed by atoms with van der Waals surface area (Å²) in [5, 5.41) is 2.54. The van der Waals surface area contributed by atoms with Gasteiger partial charge in [-0.25, -0.2) is 0 Å². The summed E-state index contributed by atoms with van der Waals surface area (Å²) in [6.45, 7) is 5.89. The quantitative estimate of drug-likeness (QED) is 0.356. The highest BCUT2D eigenvalue weighted by Crippen LogP contribution is 2.33. The highest BCUT2D eigenvalue weighted by molar-refractivity contribution is 6.10. The van der Waals surface area contributed by atoms with Crippen LogP contribution in [-0.2, 0) is 0 Å². The van der Waals surface area contributed by atoms with Crippen molar-refractivity contribution < 1.29 is 0 Å². The van der Waals surface area contributed by atoms with Gasteiger partial charge in [-0.05, 0) is 48.4 Å². The summed E-state index contributed by atoms with van der Waals surface area (Å²) < 4.78 is 2.33. The number of rotatable bonds is 4. The first kappa shape index (κ1) is 16.2. The Hall–Kier alpha value is -3.32. The number of fused-ring (bicyclic) bond motifs is 3. The molecule has 0 aliphatic rings. The van der Waals surface area contributed by atoms with Gasteiger partial charge in [0.25, 0.3) is 0 Å². The predicted octanol–water partition coefficient (Wildman–Crippen LogP) is 6.93. The van der Waals surface area contributed by atoms with Gasteiger partial charge in [0.05, 0.1) is 11.0 Å². The van der Waals surface area contributed by atoms with E-state index in [1.807, 2.05) is 13.0 Å². The third kappa shape index (κ3) is 2.68. The van der Waals surface area contributed by atoms with Gasteiger partial charge >= 0.3 is 0 Å². The average molecular weight is 335 g/mol. The lowest BCUT2D eigenvalue weighted by Crippen LogP contribution is -1.93. The first-order valence-electron chi connectivity index (χ1n) is 8.88. The number of benzene rings is 3. The van der Waals surface area contributed by atoms with E-state index in [1.165, 1.54) is 38.6 Å². The van der Waals surface area contributed by atoms with E-state index in [-0.39, 0.29) is 0 Å². The molecular weight excluding hydrogens is 314 g/mol. The first-order valence-corrected chi connectivity index (χ1v) is 8.88. The molecule has 0 atom stereocenters. The first-order chi connectivity index (χ1) is 12.8. The number of hydrogen-bond acceptors (Lipinski definition) is 0. The normalized spacial score (nSPS) is 12.3. The van der Waals surface area contributed by atoms with Gasteiger partial charge in [-0.15, -0.1) is 0 Å². The molecule has 0 N–H and O–H groups in total. The summed E-state index contributed by atoms with van der Waals surface area (Å²) >= 11 is 0. The van der Waals surface area contributed by atoms with E-state index in [0.29, 0.717) is 0 Å². The molecule has 126 valence electrons. The number of nitrogens with zero attached hydrogens (tertiary/aromatic N) is 1. The molecule has 4 aromatic rings. The van der Waals surface area contributed by atoms with Crippen LogP contribution in [-0.4, -0.2) is 4.57 Å². The highest BCUT2D eigenvalue weighted by atomic mass is 15.0. The number of hydrogen-bond donors (Lipinski definition) is 0. The molecule has 1 heterocycles. The molecule has 0 spiro atoms. The van der Waals surface area contributed by atoms with Crippen LogP contribution in [0.3, 0.4) is 0 Å². The van der Waals surface area contributed by atoms with Gasteiger partial charge in [0.1, 0.15) is 0 Å². The maximum Gasteiger partial charge on any atom is 0.0541 e. The van der Waals surface area contributed by atoms with Crippen molar-refractivity contribution in [3.8, 4) is 5.69 Å². The van der Waals surface area contributed by atoms with Crippen molar-refractivity contribution in [2.24, 2.45) is 0 Å². The SMILES string of the molecule is C=C/C=C(\C=C/C)c1ccc2c(c1)c1ccccc1n2-c1ccccc1. The summed E-state index contributed by atoms with van der Waals surface area (Å²) in [5.74, 6) is 0. The minimum atomic E-state index is 1.17. The smallest absolute Gasteiger partial charge is 0.0541 e. The van der Waals surface area contributed by atoms with Crippen LogP contribution in [0.2, 0.25) is 0 Å². The van der Waals surface area contributed by atoms with Crippen molar-refractivity contribution in [3.05, 3.63) is 109 Å². The zero-order valence-electron chi connectivity index (χ0n) is 14.9. The van der Waals surface area contributed by atoms with Crippen LogP contribution in [0.4, 0.5) is 0 Å². The summed E-state index contributed by atoms with van der Waals surface area (Å²) in [4.78, 5) is 0. The van der Waals surface area contributed by atoms with E-state index in [0.717, 1.165) is 0 Å². The lowest BCUT2D eigenvalue weighted by Gasteiger charge is -2.08. The standard InChI is InChI=1S/C25H21N/c1-3-10-19(11-4-2)20-16-17-25-23(18-20)22-14-8-9-15-24(22)26(25)21-12-6-5-7-13-21/h3-18H,1H2,2H3/b11-4-,19-10+. The molecule has 0 unspecified atom stereocenters. The molecule has 0 saturated carbocycles. The molecule has 4 rings (SSSR count). The van der Waals surface area contributed by atoms with Crippen LogP contribution in [0.1, 0.15) is 12.5 Å². The van der Waals surface area contributed by atoms with Crippen LogP contribution in [0.5, 0.6) is 0 Å². The minimum absolute atomic E-state index is 1.17. The van der Waals surface area contributed by atoms with E-state index < -0.39 is 0 Å². The van der Waals surface area contributed by atoms with E-state index in [9.17, 15) is 0 Å². The molecule has 1 heteroatoms. The summed E-state index contributed by atoms with van der Waals surface area (Å²) in [6, 6.07) is 25.8. The zero-order chi connectivity index (χ0) is 17.9. The van der Waals surface area contributed by atoms with Crippen LogP contribution in [0.25, 0.3) is 33.1 Å². The van der Waals surface area contributed by atoms with Gasteiger partial charge in [-0.1, -0.05) is 73.3 Å². The number of allylic oxidation sites excluding steroid dienone is 5. The summed E-state index contributed by atoms with van der Waals surface area (Å²) in [6.07, 6.45) is 8.08. The highest BCUT2D eigenvalue weighted by Gasteiger charge is 2.12. The Kier molecular flexibility index (Phi) is 4.28. The second kappa shape index (κ2) is 6.89. The third-order valence-electron chi connectivity index (χ3n) is 4.66. The van der Waals surface area contributed by atoms with Gasteiger partial charge in [0.15, 0.2) is 0 Å². The maximum atomic E-state index is 3.85. The monoisotopic (exact) mass is 335 g/mol. The Morgan fingerprint density at radius 2 is 1.58 bits per heavy atom. The fourth-order valence-electron chi connectivity index (χ4n) is 3.56. The molecule has 3 aromatic carbocycles. The van der Waals surface area contributed by atoms with Gasteiger partial charge in [-0.2, -0.15) is 0 Å². The molecule has 0 amide bonds. The van der Waals surface area contributed by atoms with Crippen LogP contribution >= 0.6 is 0 Å². The fraction of sp³-hybridized carbons (Fsp3) is 0.0400. The molecule has 0 radical (unpaired) electrons. The van der Waals surface area contributed by atoms with Crippen LogP contribution in [0.15, 0.2) is 104 Å². The fourth-order valence-corrected chi connectivity index (χ4v) is 3.56. The predicted molar refractivity (Wildman–Crippen MR) is 114 cm³/mol.